The number of halogens is 1. The zero-order valence-corrected chi connectivity index (χ0v) is 18.1. The molecule has 1 saturated carbocycles. The number of rotatable bonds is 6. The van der Waals surface area contributed by atoms with Gasteiger partial charge < -0.3 is 14.7 Å². The van der Waals surface area contributed by atoms with Crippen LogP contribution in [0.1, 0.15) is 44.3 Å². The van der Waals surface area contributed by atoms with Crippen molar-refractivity contribution in [2.75, 3.05) is 19.7 Å². The van der Waals surface area contributed by atoms with Crippen LogP contribution in [0.4, 0.5) is 4.79 Å². The second kappa shape index (κ2) is 7.98. The second-order valence-electron chi connectivity index (χ2n) is 7.84. The molecule has 0 atom stereocenters. The van der Waals surface area contributed by atoms with Gasteiger partial charge in [0.05, 0.1) is 28.5 Å². The molecule has 0 aromatic carbocycles. The molecule has 1 spiro atoms. The summed E-state index contributed by atoms with van der Waals surface area (Å²) in [4.78, 5) is 18.0. The van der Waals surface area contributed by atoms with Crippen LogP contribution in [-0.2, 0) is 11.3 Å². The number of carbonyl (C=O) groups excluding carboxylic acids is 1. The maximum atomic E-state index is 12.0. The van der Waals surface area contributed by atoms with Crippen LogP contribution in [-0.4, -0.2) is 50.6 Å². The van der Waals surface area contributed by atoms with Crippen LogP contribution in [0, 0.1) is 8.99 Å². The first-order chi connectivity index (χ1) is 13.6. The number of aromatic nitrogens is 3. The number of hydrogen-bond acceptors (Lipinski definition) is 5. The van der Waals surface area contributed by atoms with Gasteiger partial charge in [-0.05, 0) is 54.0 Å². The Hall–Kier alpha value is -1.68. The van der Waals surface area contributed by atoms with Gasteiger partial charge in [-0.1, -0.05) is 13.3 Å². The van der Waals surface area contributed by atoms with Gasteiger partial charge in [-0.25, -0.2) is 4.79 Å². The van der Waals surface area contributed by atoms with Gasteiger partial charge in [0.25, 0.3) is 0 Å². The molecule has 0 bridgehead atoms. The summed E-state index contributed by atoms with van der Waals surface area (Å²) >= 11 is 2.26. The number of amides is 1. The number of ether oxygens (including phenoxy) is 1. The number of aliphatic hydroxyl groups excluding tert-OH is 1. The summed E-state index contributed by atoms with van der Waals surface area (Å²) in [5, 5.41) is 14.7. The molecule has 1 N–H and O–H groups in total. The lowest BCUT2D eigenvalue weighted by Crippen LogP contribution is -2.64. The molecular formula is C20H25IN4O3. The third kappa shape index (κ3) is 3.52. The van der Waals surface area contributed by atoms with E-state index < -0.39 is 0 Å². The summed E-state index contributed by atoms with van der Waals surface area (Å²) in [6, 6.07) is 4.14. The van der Waals surface area contributed by atoms with E-state index in [1.54, 1.807) is 17.3 Å². The number of unbranched alkanes of at least 4 members (excludes halogenated alkanes) is 1. The minimum absolute atomic E-state index is 0.0368. The summed E-state index contributed by atoms with van der Waals surface area (Å²) in [6.07, 6.45) is 7.24. The number of carbonyl (C=O) groups is 1. The number of likely N-dealkylation sites (tertiary alicyclic amines) is 1. The maximum Gasteiger partial charge on any atom is 0.409 e. The predicted octanol–water partition coefficient (Wildman–Crippen LogP) is 3.62. The summed E-state index contributed by atoms with van der Waals surface area (Å²) < 4.78 is 8.25. The molecule has 2 aromatic heterocycles. The van der Waals surface area contributed by atoms with E-state index in [0.29, 0.717) is 6.61 Å². The summed E-state index contributed by atoms with van der Waals surface area (Å²) in [7, 11) is 0. The first-order valence-electron chi connectivity index (χ1n) is 9.77. The van der Waals surface area contributed by atoms with Gasteiger partial charge in [0.15, 0.2) is 0 Å². The molecule has 150 valence electrons. The third-order valence-electron chi connectivity index (χ3n) is 5.75. The standard InChI is InChI=1S/C20H25IN4O3/c1-2-3-7-28-19(27)24-12-20(13-24)8-15(9-20)25-16(11-26)17(21)18(23-25)14-5-4-6-22-10-14/h4-6,10,15,26H,2-3,7-9,11-13H2,1H3. The molecule has 4 rings (SSSR count). The number of aliphatic hydroxyl groups is 1. The highest BCUT2D eigenvalue weighted by Crippen LogP contribution is 2.54. The highest BCUT2D eigenvalue weighted by molar-refractivity contribution is 14.1. The Morgan fingerprint density at radius 2 is 2.21 bits per heavy atom. The fourth-order valence-corrected chi connectivity index (χ4v) is 5.08. The van der Waals surface area contributed by atoms with Crippen LogP contribution in [0.25, 0.3) is 11.3 Å². The molecule has 1 aliphatic carbocycles. The minimum Gasteiger partial charge on any atom is -0.449 e. The second-order valence-corrected chi connectivity index (χ2v) is 8.92. The van der Waals surface area contributed by atoms with Crippen molar-refractivity contribution in [1.82, 2.24) is 19.7 Å². The summed E-state index contributed by atoms with van der Waals surface area (Å²) in [5.74, 6) is 0. The average molecular weight is 496 g/mol. The van der Waals surface area contributed by atoms with Crippen LogP contribution < -0.4 is 0 Å². The van der Waals surface area contributed by atoms with Gasteiger partial charge in [-0.15, -0.1) is 0 Å². The van der Waals surface area contributed by atoms with E-state index in [1.165, 1.54) is 0 Å². The Morgan fingerprint density at radius 3 is 2.86 bits per heavy atom. The van der Waals surface area contributed by atoms with Crippen molar-refractivity contribution < 1.29 is 14.6 Å². The van der Waals surface area contributed by atoms with Crippen LogP contribution in [0.15, 0.2) is 24.5 Å². The SMILES string of the molecule is CCCCOC(=O)N1CC2(CC(n3nc(-c4cccnc4)c(I)c3CO)C2)C1. The highest BCUT2D eigenvalue weighted by atomic mass is 127. The van der Waals surface area contributed by atoms with Gasteiger partial charge in [-0.2, -0.15) is 5.10 Å². The molecule has 2 fully saturated rings. The third-order valence-corrected chi connectivity index (χ3v) is 6.88. The van der Waals surface area contributed by atoms with Crippen molar-refractivity contribution in [3.63, 3.8) is 0 Å². The Balaban J connectivity index is 1.40. The monoisotopic (exact) mass is 496 g/mol. The van der Waals surface area contributed by atoms with Crippen molar-refractivity contribution in [3.8, 4) is 11.3 Å². The maximum absolute atomic E-state index is 12.0. The van der Waals surface area contributed by atoms with Gasteiger partial charge in [0.1, 0.15) is 5.69 Å². The first-order valence-corrected chi connectivity index (χ1v) is 10.8. The van der Waals surface area contributed by atoms with Crippen molar-refractivity contribution in [2.45, 2.75) is 45.3 Å². The Morgan fingerprint density at radius 1 is 1.43 bits per heavy atom. The molecule has 7 nitrogen and oxygen atoms in total. The molecule has 0 radical (unpaired) electrons. The molecule has 8 heteroatoms. The molecule has 1 amide bonds. The van der Waals surface area contributed by atoms with E-state index in [4.69, 9.17) is 9.84 Å². The van der Waals surface area contributed by atoms with Crippen LogP contribution in [0.3, 0.4) is 0 Å². The van der Waals surface area contributed by atoms with Gasteiger partial charge in [0, 0.05) is 36.5 Å². The molecule has 1 aliphatic heterocycles. The van der Waals surface area contributed by atoms with Crippen molar-refractivity contribution >= 4 is 28.7 Å². The lowest BCUT2D eigenvalue weighted by Gasteiger charge is -2.58. The quantitative estimate of drug-likeness (QED) is 0.488. The summed E-state index contributed by atoms with van der Waals surface area (Å²) in [5.41, 5.74) is 2.87. The topological polar surface area (TPSA) is 80.5 Å². The molecular weight excluding hydrogens is 471 g/mol. The highest BCUT2D eigenvalue weighted by Gasteiger charge is 2.55. The van der Waals surface area contributed by atoms with E-state index in [1.807, 2.05) is 16.8 Å². The normalized spacial score (nSPS) is 18.0. The van der Waals surface area contributed by atoms with Crippen LogP contribution in [0.5, 0.6) is 0 Å². The van der Waals surface area contributed by atoms with E-state index >= 15 is 0 Å². The van der Waals surface area contributed by atoms with Gasteiger partial charge in [0.2, 0.25) is 0 Å². The van der Waals surface area contributed by atoms with E-state index in [0.717, 1.165) is 59.3 Å². The van der Waals surface area contributed by atoms with Crippen molar-refractivity contribution in [3.05, 3.63) is 33.8 Å². The molecule has 2 aromatic rings. The zero-order chi connectivity index (χ0) is 19.7. The van der Waals surface area contributed by atoms with E-state index in [9.17, 15) is 9.90 Å². The Bertz CT molecular complexity index is 841. The predicted molar refractivity (Wildman–Crippen MR) is 113 cm³/mol. The lowest BCUT2D eigenvalue weighted by atomic mass is 9.61. The molecule has 2 aliphatic rings. The Labute approximate surface area is 178 Å². The molecule has 3 heterocycles. The smallest absolute Gasteiger partial charge is 0.409 e. The van der Waals surface area contributed by atoms with Crippen molar-refractivity contribution in [1.29, 1.82) is 0 Å². The van der Waals surface area contributed by atoms with Gasteiger partial charge >= 0.3 is 6.09 Å². The number of hydrogen-bond donors (Lipinski definition) is 1. The summed E-state index contributed by atoms with van der Waals surface area (Å²) in [6.45, 7) is 4.07. The Kier molecular flexibility index (Phi) is 5.59. The van der Waals surface area contributed by atoms with Crippen molar-refractivity contribution in [2.24, 2.45) is 5.41 Å². The number of nitrogens with zero attached hydrogens (tertiary/aromatic N) is 4. The van der Waals surface area contributed by atoms with Crippen LogP contribution >= 0.6 is 22.6 Å². The fourth-order valence-electron chi connectivity index (χ4n) is 4.24. The largest absolute Gasteiger partial charge is 0.449 e. The fraction of sp³-hybridized carbons (Fsp3) is 0.550. The van der Waals surface area contributed by atoms with E-state index in [-0.39, 0.29) is 24.2 Å². The first kappa shape index (κ1) is 19.6. The molecule has 1 saturated heterocycles. The molecule has 28 heavy (non-hydrogen) atoms. The number of pyridine rings is 1. The zero-order valence-electron chi connectivity index (χ0n) is 16.0. The average Bonchev–Trinajstić information content (AvgIpc) is 2.96. The van der Waals surface area contributed by atoms with Crippen LogP contribution in [0.2, 0.25) is 0 Å². The molecule has 0 unspecified atom stereocenters. The van der Waals surface area contributed by atoms with E-state index in [2.05, 4.69) is 34.5 Å². The van der Waals surface area contributed by atoms with Gasteiger partial charge in [-0.3, -0.25) is 9.67 Å². The minimum atomic E-state index is -0.189. The lowest BCUT2D eigenvalue weighted by molar-refractivity contribution is -0.0831.